The Hall–Kier alpha value is -3.22. The van der Waals surface area contributed by atoms with Crippen molar-refractivity contribution in [3.05, 3.63) is 52.5 Å². The lowest BCUT2D eigenvalue weighted by molar-refractivity contribution is -0.139. The van der Waals surface area contributed by atoms with E-state index in [1.54, 1.807) is 34.8 Å². The van der Waals surface area contributed by atoms with E-state index in [0.29, 0.717) is 28.3 Å². The molecule has 0 atom stereocenters. The maximum Gasteiger partial charge on any atom is 0.336 e. The highest BCUT2D eigenvalue weighted by Crippen LogP contribution is 2.43. The van der Waals surface area contributed by atoms with Gasteiger partial charge in [-0.05, 0) is 39.3 Å². The van der Waals surface area contributed by atoms with Crippen LogP contribution in [0.2, 0.25) is 0 Å². The lowest BCUT2D eigenvalue weighted by atomic mass is 9.80. The van der Waals surface area contributed by atoms with Crippen LogP contribution >= 0.6 is 0 Å². The summed E-state index contributed by atoms with van der Waals surface area (Å²) >= 11 is 0. The molecule has 0 radical (unpaired) electrons. The number of nitrogens with one attached hydrogen (secondary N) is 2. The molecule has 0 unspecified atom stereocenters. The van der Waals surface area contributed by atoms with Crippen molar-refractivity contribution in [3.8, 4) is 5.75 Å². The van der Waals surface area contributed by atoms with Gasteiger partial charge in [0.05, 0.1) is 42.9 Å². The van der Waals surface area contributed by atoms with Crippen molar-refractivity contribution in [3.63, 3.8) is 0 Å². The fourth-order valence-corrected chi connectivity index (χ4v) is 3.82. The van der Waals surface area contributed by atoms with Gasteiger partial charge in [0.25, 0.3) is 0 Å². The van der Waals surface area contributed by atoms with Crippen LogP contribution in [0.3, 0.4) is 0 Å². The Kier molecular flexibility index (Phi) is 5.96. The van der Waals surface area contributed by atoms with Crippen molar-refractivity contribution in [1.82, 2.24) is 10.3 Å². The number of aromatic nitrogens is 1. The van der Waals surface area contributed by atoms with E-state index in [-0.39, 0.29) is 13.2 Å². The van der Waals surface area contributed by atoms with E-state index in [1.165, 1.54) is 0 Å². The molecule has 0 saturated carbocycles. The van der Waals surface area contributed by atoms with Crippen molar-refractivity contribution in [2.24, 2.45) is 0 Å². The number of allylic oxidation sites excluding steroid dienone is 2. The van der Waals surface area contributed by atoms with Crippen molar-refractivity contribution < 1.29 is 23.8 Å². The molecule has 2 aromatic rings. The first-order chi connectivity index (χ1) is 13.9. The molecule has 1 aromatic heterocycles. The third kappa shape index (κ3) is 3.60. The maximum atomic E-state index is 12.9. The normalized spacial score (nSPS) is 14.8. The zero-order valence-corrected chi connectivity index (χ0v) is 17.3. The van der Waals surface area contributed by atoms with E-state index in [4.69, 9.17) is 14.2 Å². The third-order valence-electron chi connectivity index (χ3n) is 4.99. The van der Waals surface area contributed by atoms with E-state index in [9.17, 15) is 9.59 Å². The minimum absolute atomic E-state index is 0.238. The van der Waals surface area contributed by atoms with Gasteiger partial charge in [0.1, 0.15) is 5.75 Å². The topological polar surface area (TPSA) is 89.6 Å². The van der Waals surface area contributed by atoms with Gasteiger partial charge in [-0.3, -0.25) is 0 Å². The van der Waals surface area contributed by atoms with Gasteiger partial charge in [-0.15, -0.1) is 0 Å². The number of fused-ring (bicyclic) bond motifs is 1. The van der Waals surface area contributed by atoms with E-state index in [2.05, 4.69) is 10.3 Å². The molecule has 2 heterocycles. The zero-order valence-electron chi connectivity index (χ0n) is 17.3. The van der Waals surface area contributed by atoms with Crippen LogP contribution in [0.5, 0.6) is 5.75 Å². The highest BCUT2D eigenvalue weighted by Gasteiger charge is 2.39. The smallest absolute Gasteiger partial charge is 0.336 e. The Morgan fingerprint density at radius 2 is 1.59 bits per heavy atom. The second kappa shape index (κ2) is 8.43. The van der Waals surface area contributed by atoms with Crippen LogP contribution in [0.15, 0.2) is 46.9 Å². The van der Waals surface area contributed by atoms with Crippen LogP contribution in [0, 0.1) is 0 Å². The van der Waals surface area contributed by atoms with Crippen LogP contribution in [0.25, 0.3) is 10.9 Å². The Morgan fingerprint density at radius 3 is 2.10 bits per heavy atom. The number of hydrogen-bond donors (Lipinski definition) is 2. The first-order valence-electron chi connectivity index (χ1n) is 9.61. The second-order valence-corrected chi connectivity index (χ2v) is 6.70. The van der Waals surface area contributed by atoms with Crippen molar-refractivity contribution in [2.75, 3.05) is 20.3 Å². The summed E-state index contributed by atoms with van der Waals surface area (Å²) in [6, 6.07) is 5.66. The largest absolute Gasteiger partial charge is 0.495 e. The highest BCUT2D eigenvalue weighted by atomic mass is 16.5. The minimum atomic E-state index is -0.629. The average Bonchev–Trinajstić information content (AvgIpc) is 3.11. The molecule has 3 rings (SSSR count). The number of dihydropyridines is 1. The van der Waals surface area contributed by atoms with Gasteiger partial charge in [-0.2, -0.15) is 0 Å². The van der Waals surface area contributed by atoms with Gasteiger partial charge in [0.2, 0.25) is 0 Å². The number of benzene rings is 1. The zero-order chi connectivity index (χ0) is 21.1. The SMILES string of the molecule is CCOC(=O)C1=C(C)NC(C)=C(C(=O)OCC)C1c1c[nH]c2c(OC)cccc12. The quantitative estimate of drug-likeness (QED) is 0.724. The van der Waals surface area contributed by atoms with E-state index >= 15 is 0 Å². The number of H-pyrrole nitrogens is 1. The summed E-state index contributed by atoms with van der Waals surface area (Å²) in [4.78, 5) is 29.0. The van der Waals surface area contributed by atoms with Gasteiger partial charge >= 0.3 is 11.9 Å². The van der Waals surface area contributed by atoms with Crippen LogP contribution < -0.4 is 10.1 Å². The molecule has 0 bridgehead atoms. The average molecular weight is 398 g/mol. The third-order valence-corrected chi connectivity index (χ3v) is 4.99. The Balaban J connectivity index is 2.26. The number of esters is 2. The number of aromatic amines is 1. The first-order valence-corrected chi connectivity index (χ1v) is 9.61. The molecular weight excluding hydrogens is 372 g/mol. The number of ether oxygens (including phenoxy) is 3. The number of carbonyl (C=O) groups is 2. The van der Waals surface area contributed by atoms with Crippen molar-refractivity contribution in [2.45, 2.75) is 33.6 Å². The molecule has 0 amide bonds. The molecule has 0 spiro atoms. The number of carbonyl (C=O) groups excluding carboxylic acids is 2. The monoisotopic (exact) mass is 398 g/mol. The summed E-state index contributed by atoms with van der Waals surface area (Å²) < 4.78 is 16.1. The van der Waals surface area contributed by atoms with Gasteiger partial charge in [-0.25, -0.2) is 9.59 Å². The number of methoxy groups -OCH3 is 1. The second-order valence-electron chi connectivity index (χ2n) is 6.70. The van der Waals surface area contributed by atoms with Gasteiger partial charge in [-0.1, -0.05) is 12.1 Å². The first kappa shape index (κ1) is 20.5. The summed E-state index contributed by atoms with van der Waals surface area (Å²) in [6.45, 7) is 7.59. The summed E-state index contributed by atoms with van der Waals surface area (Å²) in [5.74, 6) is -0.877. The van der Waals surface area contributed by atoms with E-state index < -0.39 is 17.9 Å². The minimum Gasteiger partial charge on any atom is -0.495 e. The number of rotatable bonds is 6. The summed E-state index contributed by atoms with van der Waals surface area (Å²) in [5, 5.41) is 4.00. The number of para-hydroxylation sites is 1. The highest BCUT2D eigenvalue weighted by molar-refractivity contribution is 6.02. The van der Waals surface area contributed by atoms with Gasteiger partial charge < -0.3 is 24.5 Å². The van der Waals surface area contributed by atoms with Crippen molar-refractivity contribution >= 4 is 22.8 Å². The summed E-state index contributed by atoms with van der Waals surface area (Å²) in [7, 11) is 1.60. The van der Waals surface area contributed by atoms with Crippen molar-refractivity contribution in [1.29, 1.82) is 0 Å². The lowest BCUT2D eigenvalue weighted by Crippen LogP contribution is -2.32. The summed E-state index contributed by atoms with van der Waals surface area (Å²) in [5.41, 5.74) is 3.66. The van der Waals surface area contributed by atoms with Crippen LogP contribution in [-0.2, 0) is 19.1 Å². The molecule has 29 heavy (non-hydrogen) atoms. The molecule has 7 nitrogen and oxygen atoms in total. The van der Waals surface area contributed by atoms with E-state index in [0.717, 1.165) is 16.5 Å². The Bertz CT molecular complexity index is 975. The molecule has 2 N–H and O–H groups in total. The van der Waals surface area contributed by atoms with Crippen LogP contribution in [-0.4, -0.2) is 37.2 Å². The predicted molar refractivity (Wildman–Crippen MR) is 109 cm³/mol. The maximum absolute atomic E-state index is 12.9. The molecule has 0 saturated heterocycles. The molecule has 0 fully saturated rings. The molecular formula is C22H26N2O5. The van der Waals surface area contributed by atoms with Gasteiger partial charge in [0, 0.05) is 23.0 Å². The molecule has 1 aliphatic rings. The molecule has 1 aliphatic heterocycles. The van der Waals surface area contributed by atoms with Crippen LogP contribution in [0.4, 0.5) is 0 Å². The van der Waals surface area contributed by atoms with Crippen LogP contribution in [0.1, 0.15) is 39.2 Å². The fourth-order valence-electron chi connectivity index (χ4n) is 3.82. The summed E-state index contributed by atoms with van der Waals surface area (Å²) in [6.07, 6.45) is 1.81. The molecule has 154 valence electrons. The standard InChI is InChI=1S/C22H26N2O5/c1-6-28-21(25)17-12(3)24-13(4)18(22(26)29-7-2)19(17)15-11-23-20-14(15)9-8-10-16(20)27-5/h8-11,19,23-24H,6-7H2,1-5H3. The van der Waals surface area contributed by atoms with E-state index in [1.807, 2.05) is 24.4 Å². The Labute approximate surface area is 169 Å². The molecule has 1 aromatic carbocycles. The van der Waals surface area contributed by atoms with Gasteiger partial charge in [0.15, 0.2) is 0 Å². The Morgan fingerprint density at radius 1 is 1.00 bits per heavy atom. The lowest BCUT2D eigenvalue weighted by Gasteiger charge is -2.30. The number of hydrogen-bond acceptors (Lipinski definition) is 6. The molecule has 0 aliphatic carbocycles. The fraction of sp³-hybridized carbons (Fsp3) is 0.364. The predicted octanol–water partition coefficient (Wildman–Crippen LogP) is 3.54. The molecule has 7 heteroatoms.